The lowest BCUT2D eigenvalue weighted by Crippen LogP contribution is -2.51. The molecule has 1 fully saturated rings. The van der Waals surface area contributed by atoms with Gasteiger partial charge in [0.2, 0.25) is 0 Å². The number of nitrogens with one attached hydrogen (secondary N) is 1. The van der Waals surface area contributed by atoms with Crippen LogP contribution in [0.25, 0.3) is 11.3 Å². The van der Waals surface area contributed by atoms with E-state index >= 15 is 0 Å². The summed E-state index contributed by atoms with van der Waals surface area (Å²) >= 11 is 0. The zero-order chi connectivity index (χ0) is 20.1. The standard InChI is InChI=1S/C19H22N4O5/c1-3-28-19(26)23-10-8-22(9-11-23)17(24)16-12-15(20-18(25)21-16)13-4-6-14(27-2)7-5-13/h4-7,12H,3,8-11H2,1-2H3,(H,20,21,25). The molecule has 1 aliphatic rings. The molecular formula is C19H22N4O5. The van der Waals surface area contributed by atoms with E-state index in [1.54, 1.807) is 54.2 Å². The van der Waals surface area contributed by atoms with Crippen LogP contribution in [-0.4, -0.2) is 71.7 Å². The van der Waals surface area contributed by atoms with Crippen molar-refractivity contribution in [2.45, 2.75) is 6.92 Å². The van der Waals surface area contributed by atoms with Gasteiger partial charge < -0.3 is 24.3 Å². The van der Waals surface area contributed by atoms with Gasteiger partial charge in [-0.05, 0) is 37.3 Å². The predicted molar refractivity (Wildman–Crippen MR) is 101 cm³/mol. The Morgan fingerprint density at radius 2 is 1.75 bits per heavy atom. The van der Waals surface area contributed by atoms with Gasteiger partial charge in [-0.3, -0.25) is 4.79 Å². The molecule has 1 N–H and O–H groups in total. The first-order chi connectivity index (χ1) is 13.5. The fraction of sp³-hybridized carbons (Fsp3) is 0.368. The van der Waals surface area contributed by atoms with Gasteiger partial charge in [0.1, 0.15) is 11.4 Å². The van der Waals surface area contributed by atoms with Crippen LogP contribution >= 0.6 is 0 Å². The van der Waals surface area contributed by atoms with Crippen LogP contribution in [0.2, 0.25) is 0 Å². The second-order valence-corrected chi connectivity index (χ2v) is 6.19. The minimum Gasteiger partial charge on any atom is -0.497 e. The van der Waals surface area contributed by atoms with E-state index in [-0.39, 0.29) is 17.7 Å². The zero-order valence-electron chi connectivity index (χ0n) is 15.8. The minimum atomic E-state index is -0.596. The molecular weight excluding hydrogens is 364 g/mol. The summed E-state index contributed by atoms with van der Waals surface area (Å²) in [7, 11) is 1.57. The van der Waals surface area contributed by atoms with Crippen LogP contribution in [0.5, 0.6) is 5.75 Å². The number of piperazine rings is 1. The van der Waals surface area contributed by atoms with Crippen LogP contribution in [0.15, 0.2) is 35.1 Å². The number of hydrogen-bond donors (Lipinski definition) is 1. The number of ether oxygens (including phenoxy) is 2. The van der Waals surface area contributed by atoms with Crippen LogP contribution in [0, 0.1) is 0 Å². The Hall–Kier alpha value is -3.36. The smallest absolute Gasteiger partial charge is 0.409 e. The largest absolute Gasteiger partial charge is 0.497 e. The monoisotopic (exact) mass is 386 g/mol. The van der Waals surface area contributed by atoms with Crippen molar-refractivity contribution in [3.8, 4) is 17.0 Å². The first kappa shape index (κ1) is 19.4. The quantitative estimate of drug-likeness (QED) is 0.851. The summed E-state index contributed by atoms with van der Waals surface area (Å²) in [5, 5.41) is 0. The van der Waals surface area contributed by atoms with E-state index in [1.165, 1.54) is 0 Å². The van der Waals surface area contributed by atoms with Gasteiger partial charge in [0.25, 0.3) is 5.91 Å². The van der Waals surface area contributed by atoms with E-state index in [2.05, 4.69) is 9.97 Å². The second-order valence-electron chi connectivity index (χ2n) is 6.19. The summed E-state index contributed by atoms with van der Waals surface area (Å²) in [5.74, 6) is 0.377. The third-order valence-corrected chi connectivity index (χ3v) is 4.45. The number of aromatic amines is 1. The van der Waals surface area contributed by atoms with Crippen LogP contribution < -0.4 is 10.4 Å². The second kappa shape index (κ2) is 8.55. The van der Waals surface area contributed by atoms with Gasteiger partial charge in [0.15, 0.2) is 0 Å². The van der Waals surface area contributed by atoms with Crippen molar-refractivity contribution in [2.75, 3.05) is 39.9 Å². The highest BCUT2D eigenvalue weighted by molar-refractivity contribution is 5.93. The van der Waals surface area contributed by atoms with Gasteiger partial charge in [0.05, 0.1) is 19.4 Å². The Kier molecular flexibility index (Phi) is 5.93. The maximum atomic E-state index is 12.8. The lowest BCUT2D eigenvalue weighted by atomic mass is 10.1. The molecule has 3 rings (SSSR count). The molecule has 0 atom stereocenters. The molecule has 0 aliphatic carbocycles. The van der Waals surface area contributed by atoms with E-state index in [4.69, 9.17) is 9.47 Å². The molecule has 0 bridgehead atoms. The molecule has 2 amide bonds. The maximum absolute atomic E-state index is 12.8. The maximum Gasteiger partial charge on any atom is 0.409 e. The van der Waals surface area contributed by atoms with Crippen LogP contribution in [0.1, 0.15) is 17.4 Å². The average Bonchev–Trinajstić information content (AvgIpc) is 2.73. The van der Waals surface area contributed by atoms with Gasteiger partial charge in [-0.15, -0.1) is 0 Å². The topological polar surface area (TPSA) is 105 Å². The Labute approximate surface area is 161 Å². The third kappa shape index (κ3) is 4.30. The molecule has 148 valence electrons. The van der Waals surface area contributed by atoms with E-state index < -0.39 is 5.69 Å². The third-order valence-electron chi connectivity index (χ3n) is 4.45. The average molecular weight is 386 g/mol. The molecule has 2 heterocycles. The van der Waals surface area contributed by atoms with Crippen molar-refractivity contribution < 1.29 is 19.1 Å². The number of methoxy groups -OCH3 is 1. The van der Waals surface area contributed by atoms with E-state index in [9.17, 15) is 14.4 Å². The molecule has 1 saturated heterocycles. The number of aromatic nitrogens is 2. The molecule has 9 nitrogen and oxygen atoms in total. The number of rotatable bonds is 4. The Morgan fingerprint density at radius 1 is 1.11 bits per heavy atom. The van der Waals surface area contributed by atoms with Crippen molar-refractivity contribution in [3.63, 3.8) is 0 Å². The molecule has 1 aromatic carbocycles. The summed E-state index contributed by atoms with van der Waals surface area (Å²) in [6, 6.07) is 8.62. The van der Waals surface area contributed by atoms with E-state index in [0.29, 0.717) is 49.8 Å². The fourth-order valence-electron chi connectivity index (χ4n) is 2.96. The van der Waals surface area contributed by atoms with Gasteiger partial charge >= 0.3 is 11.8 Å². The highest BCUT2D eigenvalue weighted by Crippen LogP contribution is 2.20. The van der Waals surface area contributed by atoms with E-state index in [1.807, 2.05) is 0 Å². The van der Waals surface area contributed by atoms with Crippen LogP contribution in [0.3, 0.4) is 0 Å². The molecule has 1 aromatic heterocycles. The molecule has 2 aromatic rings. The van der Waals surface area contributed by atoms with Gasteiger partial charge in [0, 0.05) is 31.7 Å². The Bertz CT molecular complexity index is 901. The summed E-state index contributed by atoms with van der Waals surface area (Å²) in [6.07, 6.45) is -0.381. The molecule has 0 radical (unpaired) electrons. The lowest BCUT2D eigenvalue weighted by Gasteiger charge is -2.33. The highest BCUT2D eigenvalue weighted by Gasteiger charge is 2.26. The zero-order valence-corrected chi connectivity index (χ0v) is 15.8. The SMILES string of the molecule is CCOC(=O)N1CCN(C(=O)c2cc(-c3ccc(OC)cc3)nc(=O)[nH]2)CC1. The number of amides is 2. The van der Waals surface area contributed by atoms with Gasteiger partial charge in [-0.2, -0.15) is 4.98 Å². The van der Waals surface area contributed by atoms with Crippen molar-refractivity contribution in [3.05, 3.63) is 46.5 Å². The number of carbonyl (C=O) groups is 2. The van der Waals surface area contributed by atoms with Crippen molar-refractivity contribution in [1.82, 2.24) is 19.8 Å². The molecule has 0 unspecified atom stereocenters. The molecule has 1 aliphatic heterocycles. The predicted octanol–water partition coefficient (Wildman–Crippen LogP) is 1.36. The first-order valence-electron chi connectivity index (χ1n) is 8.98. The molecule has 28 heavy (non-hydrogen) atoms. The molecule has 0 saturated carbocycles. The summed E-state index contributed by atoms with van der Waals surface area (Å²) in [4.78, 5) is 46.2. The number of benzene rings is 1. The van der Waals surface area contributed by atoms with E-state index in [0.717, 1.165) is 0 Å². The lowest BCUT2D eigenvalue weighted by molar-refractivity contribution is 0.0565. The normalized spacial score (nSPS) is 13.9. The summed E-state index contributed by atoms with van der Waals surface area (Å²) in [5.41, 5.74) is 0.672. The van der Waals surface area contributed by atoms with Crippen LogP contribution in [0.4, 0.5) is 4.79 Å². The summed E-state index contributed by atoms with van der Waals surface area (Å²) in [6.45, 7) is 3.54. The number of H-pyrrole nitrogens is 1. The van der Waals surface area contributed by atoms with Crippen molar-refractivity contribution >= 4 is 12.0 Å². The number of nitrogens with zero attached hydrogens (tertiary/aromatic N) is 3. The Morgan fingerprint density at radius 3 is 2.36 bits per heavy atom. The van der Waals surface area contributed by atoms with Gasteiger partial charge in [-0.1, -0.05) is 0 Å². The number of hydrogen-bond acceptors (Lipinski definition) is 6. The highest BCUT2D eigenvalue weighted by atomic mass is 16.6. The first-order valence-corrected chi connectivity index (χ1v) is 8.98. The fourth-order valence-corrected chi connectivity index (χ4v) is 2.96. The Balaban J connectivity index is 1.75. The van der Waals surface area contributed by atoms with Gasteiger partial charge in [-0.25, -0.2) is 9.59 Å². The van der Waals surface area contributed by atoms with Crippen LogP contribution in [-0.2, 0) is 4.74 Å². The van der Waals surface area contributed by atoms with Crippen molar-refractivity contribution in [1.29, 1.82) is 0 Å². The summed E-state index contributed by atoms with van der Waals surface area (Å²) < 4.78 is 10.1. The van der Waals surface area contributed by atoms with Crippen molar-refractivity contribution in [2.24, 2.45) is 0 Å². The number of carbonyl (C=O) groups excluding carboxylic acids is 2. The molecule has 0 spiro atoms. The minimum absolute atomic E-state index is 0.162. The molecule has 9 heteroatoms.